The number of carbonyl (C=O) groups excluding carboxylic acids is 2. The number of nitrogens with one attached hydrogen (secondary N) is 1. The van der Waals surface area contributed by atoms with Gasteiger partial charge >= 0.3 is 0 Å². The second-order valence-electron chi connectivity index (χ2n) is 13.4. The largest absolute Gasteiger partial charge is 0.393 e. The van der Waals surface area contributed by atoms with Crippen LogP contribution < -0.4 is 5.32 Å². The predicted molar refractivity (Wildman–Crippen MR) is 142 cm³/mol. The fourth-order valence-corrected chi connectivity index (χ4v) is 9.21. The molecule has 0 bridgehead atoms. The Hall–Kier alpha value is -0.900. The molecule has 0 aromatic carbocycles. The molecular formula is C31H53NO3. The van der Waals surface area contributed by atoms with Crippen molar-refractivity contribution in [3.05, 3.63) is 0 Å². The summed E-state index contributed by atoms with van der Waals surface area (Å²) in [4.78, 5) is 24.3. The summed E-state index contributed by atoms with van der Waals surface area (Å²) >= 11 is 0. The molecule has 4 fully saturated rings. The highest BCUT2D eigenvalue weighted by Crippen LogP contribution is 2.67. The second-order valence-corrected chi connectivity index (χ2v) is 13.4. The predicted octanol–water partition coefficient (Wildman–Crippen LogP) is 6.83. The summed E-state index contributed by atoms with van der Waals surface area (Å²) in [6.07, 6.45) is 18.5. The number of rotatable bonds is 11. The van der Waals surface area contributed by atoms with Gasteiger partial charge in [0.15, 0.2) is 0 Å². The van der Waals surface area contributed by atoms with Gasteiger partial charge in [-0.3, -0.25) is 9.59 Å². The van der Waals surface area contributed by atoms with Crippen LogP contribution in [-0.4, -0.2) is 29.4 Å². The quantitative estimate of drug-likeness (QED) is 0.314. The lowest BCUT2D eigenvalue weighted by Crippen LogP contribution is -2.57. The summed E-state index contributed by atoms with van der Waals surface area (Å²) in [5, 5.41) is 13.9. The van der Waals surface area contributed by atoms with E-state index in [9.17, 15) is 14.7 Å². The van der Waals surface area contributed by atoms with Crippen LogP contribution in [0.3, 0.4) is 0 Å². The molecule has 0 unspecified atom stereocenters. The molecule has 200 valence electrons. The van der Waals surface area contributed by atoms with Crippen LogP contribution in [0.4, 0.5) is 0 Å². The Morgan fingerprint density at radius 3 is 2.51 bits per heavy atom. The van der Waals surface area contributed by atoms with Crippen molar-refractivity contribution in [3.8, 4) is 0 Å². The number of amides is 1. The van der Waals surface area contributed by atoms with E-state index in [2.05, 4.69) is 26.1 Å². The van der Waals surface area contributed by atoms with Gasteiger partial charge in [0.05, 0.1) is 6.10 Å². The third-order valence-electron chi connectivity index (χ3n) is 11.4. The molecule has 2 N–H and O–H groups in total. The summed E-state index contributed by atoms with van der Waals surface area (Å²) in [6.45, 7) is 7.89. The van der Waals surface area contributed by atoms with Crippen molar-refractivity contribution in [3.63, 3.8) is 0 Å². The lowest BCUT2D eigenvalue weighted by molar-refractivity contribution is -0.156. The molecule has 0 aromatic heterocycles. The Morgan fingerprint density at radius 1 is 0.971 bits per heavy atom. The van der Waals surface area contributed by atoms with Crippen molar-refractivity contribution in [2.24, 2.45) is 40.4 Å². The Balaban J connectivity index is 1.31. The van der Waals surface area contributed by atoms with Crippen LogP contribution >= 0.6 is 0 Å². The van der Waals surface area contributed by atoms with E-state index in [-0.39, 0.29) is 17.4 Å². The Morgan fingerprint density at radius 2 is 1.71 bits per heavy atom. The van der Waals surface area contributed by atoms with E-state index in [1.54, 1.807) is 0 Å². The van der Waals surface area contributed by atoms with Gasteiger partial charge in [-0.1, -0.05) is 59.3 Å². The van der Waals surface area contributed by atoms with Crippen LogP contribution in [0.5, 0.6) is 0 Å². The SMILES string of the molecule is CCCCNC(=O)CCCCCCC[C@@H]1C[C@H]2CC(=O)CC[C@]2(C)[C@H]2CC[C@]3(C)[C@@H](O)CC[C@H]3[C@H]12. The van der Waals surface area contributed by atoms with Crippen LogP contribution in [0.1, 0.15) is 130 Å². The standard InChI is InChI=1S/C31H53NO3/c1-4-5-19-32-28(35)12-10-8-6-7-9-11-22-20-23-21-24(33)15-17-30(23,2)26-16-18-31(3)25(29(22)26)13-14-27(31)34/h22-23,25-27,29,34H,4-21H2,1-3H3,(H,32,35)/t22-,23+,25+,26+,27+,29+,30+,31+/m1/s1. The Labute approximate surface area is 214 Å². The number of fused-ring (bicyclic) bond motifs is 5. The van der Waals surface area contributed by atoms with E-state index >= 15 is 0 Å². The van der Waals surface area contributed by atoms with Gasteiger partial charge in [0, 0.05) is 25.8 Å². The van der Waals surface area contributed by atoms with Crippen LogP contribution in [-0.2, 0) is 9.59 Å². The first kappa shape index (κ1) is 27.1. The highest BCUT2D eigenvalue weighted by Gasteiger charge is 2.62. The average Bonchev–Trinajstić information content (AvgIpc) is 3.13. The number of Topliss-reactive ketones (excluding diaryl/α,β-unsaturated/α-hetero) is 1. The normalized spacial score (nSPS) is 40.6. The molecular weight excluding hydrogens is 434 g/mol. The van der Waals surface area contributed by atoms with E-state index in [1.165, 1.54) is 51.4 Å². The van der Waals surface area contributed by atoms with Gasteiger partial charge < -0.3 is 10.4 Å². The van der Waals surface area contributed by atoms with Crippen molar-refractivity contribution < 1.29 is 14.7 Å². The number of ketones is 1. The molecule has 4 heteroatoms. The zero-order valence-electron chi connectivity index (χ0n) is 23.0. The summed E-state index contributed by atoms with van der Waals surface area (Å²) in [7, 11) is 0. The minimum absolute atomic E-state index is 0.116. The smallest absolute Gasteiger partial charge is 0.219 e. The molecule has 4 aliphatic rings. The maximum absolute atomic E-state index is 12.4. The molecule has 8 atom stereocenters. The molecule has 4 nitrogen and oxygen atoms in total. The van der Waals surface area contributed by atoms with Crippen molar-refractivity contribution in [1.29, 1.82) is 0 Å². The van der Waals surface area contributed by atoms with E-state index in [4.69, 9.17) is 0 Å². The van der Waals surface area contributed by atoms with E-state index in [0.717, 1.165) is 75.7 Å². The van der Waals surface area contributed by atoms with Gasteiger partial charge in [0.25, 0.3) is 0 Å². The molecule has 0 aromatic rings. The minimum atomic E-state index is -0.119. The molecule has 4 rings (SSSR count). The van der Waals surface area contributed by atoms with Crippen molar-refractivity contribution >= 4 is 11.7 Å². The second kappa shape index (κ2) is 11.7. The minimum Gasteiger partial charge on any atom is -0.393 e. The van der Waals surface area contributed by atoms with Gasteiger partial charge in [0.2, 0.25) is 5.91 Å². The highest BCUT2D eigenvalue weighted by atomic mass is 16.3. The average molecular weight is 488 g/mol. The Kier molecular flexibility index (Phi) is 9.04. The molecule has 0 heterocycles. The molecule has 35 heavy (non-hydrogen) atoms. The van der Waals surface area contributed by atoms with E-state index < -0.39 is 0 Å². The number of unbranched alkanes of at least 4 members (excludes halogenated alkanes) is 5. The topological polar surface area (TPSA) is 66.4 Å². The van der Waals surface area contributed by atoms with E-state index in [0.29, 0.717) is 29.5 Å². The van der Waals surface area contributed by atoms with Crippen LogP contribution in [0.15, 0.2) is 0 Å². The third kappa shape index (κ3) is 5.68. The van der Waals surface area contributed by atoms with Crippen LogP contribution in [0.2, 0.25) is 0 Å². The van der Waals surface area contributed by atoms with Gasteiger partial charge in [0.1, 0.15) is 5.78 Å². The van der Waals surface area contributed by atoms with Crippen LogP contribution in [0.25, 0.3) is 0 Å². The summed E-state index contributed by atoms with van der Waals surface area (Å²) in [5.41, 5.74) is 0.451. The third-order valence-corrected chi connectivity index (χ3v) is 11.4. The molecule has 4 saturated carbocycles. The van der Waals surface area contributed by atoms with Gasteiger partial charge in [-0.25, -0.2) is 0 Å². The molecule has 4 aliphatic carbocycles. The van der Waals surface area contributed by atoms with E-state index in [1.807, 2.05) is 0 Å². The lowest BCUT2D eigenvalue weighted by Gasteiger charge is -2.62. The van der Waals surface area contributed by atoms with Gasteiger partial charge in [-0.2, -0.15) is 0 Å². The monoisotopic (exact) mass is 487 g/mol. The molecule has 1 amide bonds. The number of hydrogen-bond donors (Lipinski definition) is 2. The summed E-state index contributed by atoms with van der Waals surface area (Å²) in [5.74, 6) is 4.18. The molecule has 0 radical (unpaired) electrons. The summed E-state index contributed by atoms with van der Waals surface area (Å²) in [6, 6.07) is 0. The molecule has 0 saturated heterocycles. The lowest BCUT2D eigenvalue weighted by atomic mass is 9.42. The maximum atomic E-state index is 12.4. The van der Waals surface area contributed by atoms with Gasteiger partial charge in [-0.05, 0) is 91.8 Å². The fourth-order valence-electron chi connectivity index (χ4n) is 9.21. The van der Waals surface area contributed by atoms with Crippen molar-refractivity contribution in [2.75, 3.05) is 6.54 Å². The number of aliphatic hydroxyl groups is 1. The zero-order chi connectivity index (χ0) is 25.1. The number of aliphatic hydroxyl groups excluding tert-OH is 1. The molecule has 0 spiro atoms. The first-order valence-electron chi connectivity index (χ1n) is 15.3. The first-order valence-corrected chi connectivity index (χ1v) is 15.3. The number of hydrogen-bond acceptors (Lipinski definition) is 3. The van der Waals surface area contributed by atoms with Crippen molar-refractivity contribution in [1.82, 2.24) is 5.32 Å². The fraction of sp³-hybridized carbons (Fsp3) is 0.935. The summed E-state index contributed by atoms with van der Waals surface area (Å²) < 4.78 is 0. The van der Waals surface area contributed by atoms with Gasteiger partial charge in [-0.15, -0.1) is 0 Å². The molecule has 0 aliphatic heterocycles. The highest BCUT2D eigenvalue weighted by molar-refractivity contribution is 5.79. The zero-order valence-corrected chi connectivity index (χ0v) is 23.0. The first-order chi connectivity index (χ1) is 16.8. The maximum Gasteiger partial charge on any atom is 0.219 e. The van der Waals surface area contributed by atoms with Crippen LogP contribution in [0, 0.1) is 40.4 Å². The Bertz CT molecular complexity index is 737. The number of carbonyl (C=O) groups is 2. The van der Waals surface area contributed by atoms with Crippen molar-refractivity contribution in [2.45, 2.75) is 136 Å².